The molecule has 1 aliphatic rings. The summed E-state index contributed by atoms with van der Waals surface area (Å²) >= 11 is 5.34. The van der Waals surface area contributed by atoms with Gasteiger partial charge in [0.25, 0.3) is 0 Å². The Morgan fingerprint density at radius 3 is 2.77 bits per heavy atom. The number of carbonyl (C=O) groups excluding carboxylic acids is 1. The Morgan fingerprint density at radius 2 is 2.08 bits per heavy atom. The number of amides is 1. The van der Waals surface area contributed by atoms with Gasteiger partial charge < -0.3 is 10.1 Å². The Bertz CT molecular complexity index is 797. The first-order valence-electron chi connectivity index (χ1n) is 9.17. The largest absolute Gasteiger partial charge is 0.497 e. The van der Waals surface area contributed by atoms with Gasteiger partial charge in [0, 0.05) is 24.6 Å². The van der Waals surface area contributed by atoms with E-state index in [9.17, 15) is 4.79 Å². The van der Waals surface area contributed by atoms with Crippen LogP contribution in [0.5, 0.6) is 5.75 Å². The van der Waals surface area contributed by atoms with E-state index in [0.29, 0.717) is 29.7 Å². The van der Waals surface area contributed by atoms with Crippen LogP contribution in [0.25, 0.3) is 11.4 Å². The van der Waals surface area contributed by atoms with Gasteiger partial charge in [0.15, 0.2) is 10.6 Å². The molecule has 0 spiro atoms. The van der Waals surface area contributed by atoms with Gasteiger partial charge >= 0.3 is 0 Å². The second-order valence-corrected chi connectivity index (χ2v) is 7.30. The molecule has 0 bridgehead atoms. The fraction of sp³-hybridized carbons (Fsp3) is 0.526. The monoisotopic (exact) mass is 374 g/mol. The molecule has 140 valence electrons. The summed E-state index contributed by atoms with van der Waals surface area (Å²) in [5, 5.41) is 10.3. The SMILES string of the molecule is COc1ccc(-c2n[nH]c(=S)n2CCC(=O)NC2CCCCC2C)cc1. The van der Waals surface area contributed by atoms with Crippen molar-refractivity contribution in [2.45, 2.75) is 51.6 Å². The number of nitrogens with zero attached hydrogens (tertiary/aromatic N) is 2. The topological polar surface area (TPSA) is 71.9 Å². The standard InChI is InChI=1S/C19H26N4O2S/c1-13-5-3-4-6-16(13)20-17(24)11-12-23-18(21-22-19(23)26)14-7-9-15(25-2)10-8-14/h7-10,13,16H,3-6,11-12H2,1-2H3,(H,20,24)(H,22,26). The maximum absolute atomic E-state index is 12.4. The van der Waals surface area contributed by atoms with Crippen LogP contribution in [0.4, 0.5) is 0 Å². The molecule has 0 saturated heterocycles. The Morgan fingerprint density at radius 1 is 1.35 bits per heavy atom. The summed E-state index contributed by atoms with van der Waals surface area (Å²) in [6.07, 6.45) is 5.13. The molecular formula is C19H26N4O2S. The zero-order valence-electron chi connectivity index (χ0n) is 15.3. The van der Waals surface area contributed by atoms with Crippen molar-refractivity contribution in [3.8, 4) is 17.1 Å². The Labute approximate surface area is 159 Å². The molecule has 2 N–H and O–H groups in total. The minimum absolute atomic E-state index is 0.0764. The van der Waals surface area contributed by atoms with Crippen molar-refractivity contribution in [3.05, 3.63) is 29.0 Å². The molecule has 1 fully saturated rings. The van der Waals surface area contributed by atoms with Gasteiger partial charge in [-0.2, -0.15) is 5.10 Å². The molecule has 2 unspecified atom stereocenters. The van der Waals surface area contributed by atoms with Crippen molar-refractivity contribution < 1.29 is 9.53 Å². The van der Waals surface area contributed by atoms with Crippen LogP contribution in [-0.2, 0) is 11.3 Å². The first-order chi connectivity index (χ1) is 12.6. The lowest BCUT2D eigenvalue weighted by Crippen LogP contribution is -2.41. The van der Waals surface area contributed by atoms with Crippen molar-refractivity contribution in [1.29, 1.82) is 0 Å². The quantitative estimate of drug-likeness (QED) is 0.756. The molecule has 1 heterocycles. The van der Waals surface area contributed by atoms with Crippen LogP contribution in [0.2, 0.25) is 0 Å². The summed E-state index contributed by atoms with van der Waals surface area (Å²) in [5.74, 6) is 2.15. The van der Waals surface area contributed by atoms with Crippen molar-refractivity contribution in [3.63, 3.8) is 0 Å². The molecule has 1 aromatic carbocycles. The number of carbonyl (C=O) groups is 1. The summed E-state index contributed by atoms with van der Waals surface area (Å²) in [6.45, 7) is 2.72. The lowest BCUT2D eigenvalue weighted by atomic mass is 9.86. The van der Waals surface area contributed by atoms with Crippen molar-refractivity contribution in [1.82, 2.24) is 20.1 Å². The number of nitrogens with one attached hydrogen (secondary N) is 2. The summed E-state index contributed by atoms with van der Waals surface area (Å²) < 4.78 is 7.59. The van der Waals surface area contributed by atoms with Gasteiger partial charge in [-0.25, -0.2) is 0 Å². The lowest BCUT2D eigenvalue weighted by molar-refractivity contribution is -0.122. The highest BCUT2D eigenvalue weighted by molar-refractivity contribution is 7.71. The maximum Gasteiger partial charge on any atom is 0.222 e. The fourth-order valence-electron chi connectivity index (χ4n) is 3.51. The van der Waals surface area contributed by atoms with E-state index in [4.69, 9.17) is 17.0 Å². The van der Waals surface area contributed by atoms with Gasteiger partial charge in [0.2, 0.25) is 5.91 Å². The Kier molecular flexibility index (Phi) is 6.08. The van der Waals surface area contributed by atoms with E-state index in [1.807, 2.05) is 28.8 Å². The predicted molar refractivity (Wildman–Crippen MR) is 104 cm³/mol. The van der Waals surface area contributed by atoms with Crippen molar-refractivity contribution in [2.24, 2.45) is 5.92 Å². The third-order valence-corrected chi connectivity index (χ3v) is 5.44. The molecule has 1 amide bonds. The molecule has 7 heteroatoms. The molecular weight excluding hydrogens is 348 g/mol. The first kappa shape index (κ1) is 18.6. The van der Waals surface area contributed by atoms with Gasteiger partial charge in [0.1, 0.15) is 5.75 Å². The molecule has 1 saturated carbocycles. The van der Waals surface area contributed by atoms with E-state index in [2.05, 4.69) is 22.4 Å². The van der Waals surface area contributed by atoms with Gasteiger partial charge in [-0.3, -0.25) is 14.5 Å². The van der Waals surface area contributed by atoms with Crippen LogP contribution in [-0.4, -0.2) is 33.8 Å². The molecule has 6 nitrogen and oxygen atoms in total. The summed E-state index contributed by atoms with van der Waals surface area (Å²) in [7, 11) is 1.64. The Balaban J connectivity index is 1.65. The highest BCUT2D eigenvalue weighted by Gasteiger charge is 2.22. The summed E-state index contributed by atoms with van der Waals surface area (Å²) in [6, 6.07) is 7.94. The van der Waals surface area contributed by atoms with Gasteiger partial charge in [-0.15, -0.1) is 0 Å². The van der Waals surface area contributed by atoms with Crippen LogP contribution < -0.4 is 10.1 Å². The number of aromatic amines is 1. The third kappa shape index (κ3) is 4.33. The molecule has 26 heavy (non-hydrogen) atoms. The molecule has 0 radical (unpaired) electrons. The van der Waals surface area contributed by atoms with E-state index < -0.39 is 0 Å². The molecule has 2 atom stereocenters. The molecule has 1 aliphatic carbocycles. The summed E-state index contributed by atoms with van der Waals surface area (Å²) in [5.41, 5.74) is 0.930. The predicted octanol–water partition coefficient (Wildman–Crippen LogP) is 3.70. The number of hydrogen-bond acceptors (Lipinski definition) is 4. The van der Waals surface area contributed by atoms with Crippen LogP contribution in [0.3, 0.4) is 0 Å². The summed E-state index contributed by atoms with van der Waals surface area (Å²) in [4.78, 5) is 12.4. The van der Waals surface area contributed by atoms with Crippen LogP contribution >= 0.6 is 12.2 Å². The van der Waals surface area contributed by atoms with Gasteiger partial charge in [-0.05, 0) is 55.2 Å². The second kappa shape index (κ2) is 8.49. The van der Waals surface area contributed by atoms with Crippen molar-refractivity contribution >= 4 is 18.1 Å². The average Bonchev–Trinajstić information content (AvgIpc) is 3.02. The van der Waals surface area contributed by atoms with Crippen LogP contribution in [0.15, 0.2) is 24.3 Å². The zero-order valence-corrected chi connectivity index (χ0v) is 16.1. The highest BCUT2D eigenvalue weighted by Crippen LogP contribution is 2.24. The highest BCUT2D eigenvalue weighted by atomic mass is 32.1. The number of hydrogen-bond donors (Lipinski definition) is 2. The first-order valence-corrected chi connectivity index (χ1v) is 9.58. The smallest absolute Gasteiger partial charge is 0.222 e. The van der Waals surface area contributed by atoms with Crippen LogP contribution in [0.1, 0.15) is 39.0 Å². The maximum atomic E-state index is 12.4. The third-order valence-electron chi connectivity index (χ3n) is 5.13. The minimum atomic E-state index is 0.0764. The molecule has 0 aliphatic heterocycles. The van der Waals surface area contributed by atoms with E-state index in [-0.39, 0.29) is 5.91 Å². The number of rotatable bonds is 6. The van der Waals surface area contributed by atoms with Crippen LogP contribution in [0, 0.1) is 10.7 Å². The number of methoxy groups -OCH3 is 1. The minimum Gasteiger partial charge on any atom is -0.497 e. The average molecular weight is 375 g/mol. The van der Waals surface area contributed by atoms with E-state index in [1.54, 1.807) is 7.11 Å². The second-order valence-electron chi connectivity index (χ2n) is 6.92. The van der Waals surface area contributed by atoms with E-state index in [1.165, 1.54) is 19.3 Å². The normalized spacial score (nSPS) is 19.9. The molecule has 1 aromatic heterocycles. The number of ether oxygens (including phenoxy) is 1. The number of aromatic nitrogens is 3. The number of H-pyrrole nitrogens is 1. The van der Waals surface area contributed by atoms with E-state index >= 15 is 0 Å². The Hall–Kier alpha value is -2.15. The number of benzene rings is 1. The van der Waals surface area contributed by atoms with Crippen molar-refractivity contribution in [2.75, 3.05) is 7.11 Å². The van der Waals surface area contributed by atoms with Gasteiger partial charge in [-0.1, -0.05) is 19.8 Å². The fourth-order valence-corrected chi connectivity index (χ4v) is 3.73. The molecule has 2 aromatic rings. The van der Waals surface area contributed by atoms with Gasteiger partial charge in [0.05, 0.1) is 7.11 Å². The zero-order chi connectivity index (χ0) is 18.5. The van der Waals surface area contributed by atoms with E-state index in [0.717, 1.165) is 23.6 Å². The lowest BCUT2D eigenvalue weighted by Gasteiger charge is -2.29. The molecule has 3 rings (SSSR count).